The van der Waals surface area contributed by atoms with Crippen LogP contribution in [0.25, 0.3) is 0 Å². The second-order valence-electron chi connectivity index (χ2n) is 4.10. The molecule has 0 bridgehead atoms. The molecule has 0 saturated carbocycles. The Hall–Kier alpha value is -1.37. The maximum atomic E-state index is 9.47. The van der Waals surface area contributed by atoms with Gasteiger partial charge in [-0.3, -0.25) is 4.98 Å². The van der Waals surface area contributed by atoms with Gasteiger partial charge in [-0.15, -0.1) is 0 Å². The van der Waals surface area contributed by atoms with Gasteiger partial charge in [0.2, 0.25) is 0 Å². The molecule has 6 nitrogen and oxygen atoms in total. The third-order valence-corrected chi connectivity index (χ3v) is 2.78. The predicted molar refractivity (Wildman–Crippen MR) is 65.7 cm³/mol. The molecule has 1 fully saturated rings. The molecule has 1 atom stereocenters. The Labute approximate surface area is 106 Å². The molecule has 6 heteroatoms. The van der Waals surface area contributed by atoms with E-state index in [0.717, 1.165) is 12.2 Å². The van der Waals surface area contributed by atoms with Crippen LogP contribution in [0, 0.1) is 0 Å². The molecule has 1 aliphatic heterocycles. The van der Waals surface area contributed by atoms with Gasteiger partial charge >= 0.3 is 0 Å². The molecular formula is C12H18N2O4. The lowest BCUT2D eigenvalue weighted by molar-refractivity contribution is -0.0474. The maximum Gasteiger partial charge on any atom is 0.146 e. The van der Waals surface area contributed by atoms with Crippen molar-refractivity contribution in [1.29, 1.82) is 0 Å². The molecule has 1 saturated heterocycles. The number of rotatable bonds is 5. The predicted octanol–water partition coefficient (Wildman–Crippen LogP) is 0.613. The molecule has 1 aromatic rings. The SMILES string of the molecule is COCOC[C@@H]1COCCN1c1cncc(O)c1. The number of morpholine rings is 1. The van der Waals surface area contributed by atoms with E-state index in [0.29, 0.717) is 19.8 Å². The number of ether oxygens (including phenoxy) is 3. The van der Waals surface area contributed by atoms with Crippen LogP contribution < -0.4 is 4.90 Å². The number of pyridine rings is 1. The lowest BCUT2D eigenvalue weighted by Crippen LogP contribution is -2.48. The van der Waals surface area contributed by atoms with Crippen LogP contribution in [0.4, 0.5) is 5.69 Å². The largest absolute Gasteiger partial charge is 0.506 e. The minimum absolute atomic E-state index is 0.109. The second-order valence-corrected chi connectivity index (χ2v) is 4.10. The molecule has 1 aliphatic rings. The van der Waals surface area contributed by atoms with Crippen LogP contribution in [0.1, 0.15) is 0 Å². The van der Waals surface area contributed by atoms with Crippen LogP contribution in [0.5, 0.6) is 5.75 Å². The number of aromatic nitrogens is 1. The van der Waals surface area contributed by atoms with Crippen LogP contribution in [-0.2, 0) is 14.2 Å². The summed E-state index contributed by atoms with van der Waals surface area (Å²) < 4.78 is 15.7. The summed E-state index contributed by atoms with van der Waals surface area (Å²) in [6, 6.07) is 1.80. The Morgan fingerprint density at radius 2 is 2.44 bits per heavy atom. The highest BCUT2D eigenvalue weighted by Gasteiger charge is 2.23. The first kappa shape index (κ1) is 13.1. The zero-order valence-electron chi connectivity index (χ0n) is 10.4. The fraction of sp³-hybridized carbons (Fsp3) is 0.583. The highest BCUT2D eigenvalue weighted by Crippen LogP contribution is 2.22. The monoisotopic (exact) mass is 254 g/mol. The van der Waals surface area contributed by atoms with Gasteiger partial charge in [0.1, 0.15) is 12.5 Å². The first-order valence-electron chi connectivity index (χ1n) is 5.86. The molecule has 0 spiro atoms. The third-order valence-electron chi connectivity index (χ3n) is 2.78. The van der Waals surface area contributed by atoms with Crippen molar-refractivity contribution < 1.29 is 19.3 Å². The van der Waals surface area contributed by atoms with E-state index < -0.39 is 0 Å². The number of nitrogens with zero attached hydrogens (tertiary/aromatic N) is 2. The Balaban J connectivity index is 2.03. The lowest BCUT2D eigenvalue weighted by atomic mass is 10.2. The van der Waals surface area contributed by atoms with Crippen LogP contribution in [0.15, 0.2) is 18.5 Å². The summed E-state index contributed by atoms with van der Waals surface area (Å²) in [5.74, 6) is 0.163. The first-order valence-corrected chi connectivity index (χ1v) is 5.86. The maximum absolute atomic E-state index is 9.47. The minimum atomic E-state index is 0.109. The molecule has 18 heavy (non-hydrogen) atoms. The van der Waals surface area contributed by atoms with Crippen molar-refractivity contribution in [3.63, 3.8) is 0 Å². The molecule has 0 aliphatic carbocycles. The normalized spacial score (nSPS) is 20.1. The van der Waals surface area contributed by atoms with Crippen molar-refractivity contribution in [2.45, 2.75) is 6.04 Å². The van der Waals surface area contributed by atoms with Crippen molar-refractivity contribution in [2.24, 2.45) is 0 Å². The van der Waals surface area contributed by atoms with Gasteiger partial charge < -0.3 is 24.2 Å². The molecule has 0 radical (unpaired) electrons. The zero-order chi connectivity index (χ0) is 12.8. The van der Waals surface area contributed by atoms with Gasteiger partial charge in [-0.1, -0.05) is 0 Å². The Bertz CT molecular complexity index is 375. The summed E-state index contributed by atoms with van der Waals surface area (Å²) in [6.07, 6.45) is 3.15. The molecular weight excluding hydrogens is 236 g/mol. The lowest BCUT2D eigenvalue weighted by Gasteiger charge is -2.36. The number of hydrogen-bond acceptors (Lipinski definition) is 6. The van der Waals surface area contributed by atoms with E-state index >= 15 is 0 Å². The summed E-state index contributed by atoms with van der Waals surface area (Å²) in [5, 5.41) is 9.47. The number of anilines is 1. The zero-order valence-corrected chi connectivity index (χ0v) is 10.4. The van der Waals surface area contributed by atoms with E-state index in [2.05, 4.69) is 9.88 Å². The molecule has 2 heterocycles. The summed E-state index contributed by atoms with van der Waals surface area (Å²) >= 11 is 0. The fourth-order valence-corrected chi connectivity index (χ4v) is 1.97. The van der Waals surface area contributed by atoms with E-state index in [9.17, 15) is 5.11 Å². The summed E-state index contributed by atoms with van der Waals surface area (Å²) in [5.41, 5.74) is 0.879. The molecule has 1 N–H and O–H groups in total. The summed E-state index contributed by atoms with van der Waals surface area (Å²) in [7, 11) is 1.59. The van der Waals surface area contributed by atoms with Crippen LogP contribution in [-0.4, -0.2) is 56.4 Å². The van der Waals surface area contributed by atoms with Gasteiger partial charge in [0.15, 0.2) is 0 Å². The fourth-order valence-electron chi connectivity index (χ4n) is 1.97. The minimum Gasteiger partial charge on any atom is -0.506 e. The topological polar surface area (TPSA) is 64.0 Å². The highest BCUT2D eigenvalue weighted by atomic mass is 16.7. The van der Waals surface area contributed by atoms with Gasteiger partial charge in [0.25, 0.3) is 0 Å². The molecule has 100 valence electrons. The summed E-state index contributed by atoms with van der Waals surface area (Å²) in [4.78, 5) is 6.12. The molecule has 0 aromatic carbocycles. The second kappa shape index (κ2) is 6.53. The van der Waals surface area contributed by atoms with E-state index in [4.69, 9.17) is 14.2 Å². The summed E-state index contributed by atoms with van der Waals surface area (Å²) in [6.45, 7) is 2.80. The average molecular weight is 254 g/mol. The smallest absolute Gasteiger partial charge is 0.146 e. The Kier molecular flexibility index (Phi) is 4.74. The van der Waals surface area contributed by atoms with Gasteiger partial charge in [-0.25, -0.2) is 0 Å². The number of aromatic hydroxyl groups is 1. The van der Waals surface area contributed by atoms with Crippen molar-refractivity contribution in [2.75, 3.05) is 45.2 Å². The highest BCUT2D eigenvalue weighted by molar-refractivity contribution is 5.49. The van der Waals surface area contributed by atoms with Gasteiger partial charge in [0, 0.05) is 19.7 Å². The standard InChI is InChI=1S/C12H18N2O4/c1-16-9-18-8-11-7-17-3-2-14(11)10-4-12(15)6-13-5-10/h4-6,11,15H,2-3,7-9H2,1H3/t11-/m0/s1. The van der Waals surface area contributed by atoms with Crippen molar-refractivity contribution >= 4 is 5.69 Å². The van der Waals surface area contributed by atoms with E-state index in [1.165, 1.54) is 6.20 Å². The van der Waals surface area contributed by atoms with E-state index in [-0.39, 0.29) is 18.6 Å². The van der Waals surface area contributed by atoms with Crippen molar-refractivity contribution in [3.8, 4) is 5.75 Å². The Morgan fingerprint density at radius 3 is 3.22 bits per heavy atom. The van der Waals surface area contributed by atoms with E-state index in [1.54, 1.807) is 19.4 Å². The number of methoxy groups -OCH3 is 1. The van der Waals surface area contributed by atoms with Crippen molar-refractivity contribution in [1.82, 2.24) is 4.98 Å². The first-order chi connectivity index (χ1) is 8.81. The molecule has 1 aromatic heterocycles. The molecule has 0 unspecified atom stereocenters. The Morgan fingerprint density at radius 1 is 1.56 bits per heavy atom. The van der Waals surface area contributed by atoms with Gasteiger partial charge in [-0.2, -0.15) is 0 Å². The third kappa shape index (κ3) is 3.32. The van der Waals surface area contributed by atoms with Crippen LogP contribution >= 0.6 is 0 Å². The molecule has 0 amide bonds. The average Bonchev–Trinajstić information content (AvgIpc) is 2.40. The van der Waals surface area contributed by atoms with Gasteiger partial charge in [0.05, 0.1) is 43.9 Å². The quantitative estimate of drug-likeness (QED) is 0.613. The van der Waals surface area contributed by atoms with Gasteiger partial charge in [-0.05, 0) is 0 Å². The molecule has 2 rings (SSSR count). The van der Waals surface area contributed by atoms with Crippen LogP contribution in [0.3, 0.4) is 0 Å². The van der Waals surface area contributed by atoms with Crippen LogP contribution in [0.2, 0.25) is 0 Å². The van der Waals surface area contributed by atoms with Crippen molar-refractivity contribution in [3.05, 3.63) is 18.5 Å². The number of hydrogen-bond donors (Lipinski definition) is 1. The van der Waals surface area contributed by atoms with E-state index in [1.807, 2.05) is 0 Å².